The molecule has 4 rings (SSSR count). The second-order valence-corrected chi connectivity index (χ2v) is 9.30. The summed E-state index contributed by atoms with van der Waals surface area (Å²) >= 11 is 0. The average Bonchev–Trinajstić information content (AvgIpc) is 3.29. The number of carbonyl (C=O) groups excluding carboxylic acids is 2. The van der Waals surface area contributed by atoms with Crippen LogP contribution in [0.5, 0.6) is 0 Å². The van der Waals surface area contributed by atoms with E-state index in [0.29, 0.717) is 19.6 Å². The smallest absolute Gasteiger partial charge is 0.230 e. The van der Waals surface area contributed by atoms with Crippen molar-refractivity contribution in [2.45, 2.75) is 39.0 Å². The van der Waals surface area contributed by atoms with Crippen molar-refractivity contribution in [2.75, 3.05) is 20.1 Å². The van der Waals surface area contributed by atoms with Gasteiger partial charge in [0.05, 0.1) is 31.0 Å². The number of aromatic nitrogens is 2. The average molecular weight is 372 g/mol. The van der Waals surface area contributed by atoms with Gasteiger partial charge in [-0.2, -0.15) is 0 Å². The van der Waals surface area contributed by atoms with E-state index in [2.05, 4.69) is 25.8 Å². The van der Waals surface area contributed by atoms with Crippen LogP contribution in [-0.4, -0.2) is 63.0 Å². The van der Waals surface area contributed by atoms with Crippen LogP contribution in [0.2, 0.25) is 0 Å². The minimum Gasteiger partial charge on any atom is -0.360 e. The number of carbonyl (C=O) groups is 2. The van der Waals surface area contributed by atoms with E-state index in [9.17, 15) is 9.59 Å². The highest BCUT2D eigenvalue weighted by Gasteiger charge is 2.67. The summed E-state index contributed by atoms with van der Waals surface area (Å²) in [6.07, 6.45) is 7.23. The standard InChI is InChI=1S/C20H28N4O3/c1-19(2,3)11-24-12-20-7-6-13(27-20)15(16(20)18(24)26)17(25)23(5)10-14-21-8-9-22(14)4/h6-9,13,15-16H,10-12H2,1-5H3/t13-,15?,16?,20-/m0/s1. The second kappa shape index (κ2) is 5.92. The Morgan fingerprint density at radius 2 is 2.19 bits per heavy atom. The van der Waals surface area contributed by atoms with Gasteiger partial charge in [0.1, 0.15) is 11.4 Å². The molecule has 0 aromatic carbocycles. The van der Waals surface area contributed by atoms with Crippen LogP contribution in [-0.2, 0) is 27.9 Å². The summed E-state index contributed by atoms with van der Waals surface area (Å²) in [5.74, 6) is -0.0816. The number of nitrogens with zero attached hydrogens (tertiary/aromatic N) is 4. The third kappa shape index (κ3) is 2.88. The maximum atomic E-state index is 13.3. The van der Waals surface area contributed by atoms with Crippen LogP contribution < -0.4 is 0 Å². The predicted octanol–water partition coefficient (Wildman–Crippen LogP) is 1.21. The summed E-state index contributed by atoms with van der Waals surface area (Å²) in [4.78, 5) is 34.3. The molecule has 2 saturated heterocycles. The van der Waals surface area contributed by atoms with Gasteiger partial charge in [-0.1, -0.05) is 32.9 Å². The first kappa shape index (κ1) is 18.2. The molecule has 7 nitrogen and oxygen atoms in total. The number of likely N-dealkylation sites (tertiary alicyclic amines) is 1. The first-order valence-corrected chi connectivity index (χ1v) is 9.48. The largest absolute Gasteiger partial charge is 0.360 e. The van der Waals surface area contributed by atoms with Crippen LogP contribution >= 0.6 is 0 Å². The Morgan fingerprint density at radius 3 is 2.81 bits per heavy atom. The van der Waals surface area contributed by atoms with E-state index >= 15 is 0 Å². The van der Waals surface area contributed by atoms with Crippen LogP contribution in [0.3, 0.4) is 0 Å². The summed E-state index contributed by atoms with van der Waals surface area (Å²) in [7, 11) is 3.68. The summed E-state index contributed by atoms with van der Waals surface area (Å²) in [6, 6.07) is 0. The number of aryl methyl sites for hydroxylation is 1. The van der Waals surface area contributed by atoms with Crippen LogP contribution in [0.1, 0.15) is 26.6 Å². The molecule has 2 unspecified atom stereocenters. The number of imidazole rings is 1. The highest BCUT2D eigenvalue weighted by molar-refractivity contribution is 5.93. The Morgan fingerprint density at radius 1 is 1.44 bits per heavy atom. The molecular weight excluding hydrogens is 344 g/mol. The van der Waals surface area contributed by atoms with E-state index in [1.54, 1.807) is 18.1 Å². The van der Waals surface area contributed by atoms with Crippen molar-refractivity contribution in [2.24, 2.45) is 24.3 Å². The summed E-state index contributed by atoms with van der Waals surface area (Å²) < 4.78 is 8.10. The van der Waals surface area contributed by atoms with E-state index in [0.717, 1.165) is 5.82 Å². The van der Waals surface area contributed by atoms with Gasteiger partial charge >= 0.3 is 0 Å². The first-order valence-electron chi connectivity index (χ1n) is 9.48. The summed E-state index contributed by atoms with van der Waals surface area (Å²) in [5, 5.41) is 0. The normalized spacial score (nSPS) is 31.7. The highest BCUT2D eigenvalue weighted by Crippen LogP contribution is 2.52. The molecule has 4 heterocycles. The van der Waals surface area contributed by atoms with Crippen LogP contribution in [0.15, 0.2) is 24.5 Å². The van der Waals surface area contributed by atoms with Crippen LogP contribution in [0.4, 0.5) is 0 Å². The van der Waals surface area contributed by atoms with Crippen molar-refractivity contribution in [3.8, 4) is 0 Å². The highest BCUT2D eigenvalue weighted by atomic mass is 16.5. The van der Waals surface area contributed by atoms with Crippen molar-refractivity contribution in [1.29, 1.82) is 0 Å². The molecule has 3 aliphatic rings. The minimum atomic E-state index is -0.641. The van der Waals surface area contributed by atoms with E-state index in [4.69, 9.17) is 4.74 Å². The van der Waals surface area contributed by atoms with Gasteiger partial charge in [-0.25, -0.2) is 4.98 Å². The molecule has 0 radical (unpaired) electrons. The number of amides is 2. The molecule has 27 heavy (non-hydrogen) atoms. The fraction of sp³-hybridized carbons (Fsp3) is 0.650. The zero-order valence-electron chi connectivity index (χ0n) is 16.7. The maximum absolute atomic E-state index is 13.3. The molecule has 3 aliphatic heterocycles. The lowest BCUT2D eigenvalue weighted by Gasteiger charge is -2.29. The predicted molar refractivity (Wildman–Crippen MR) is 99.4 cm³/mol. The number of ether oxygens (including phenoxy) is 1. The van der Waals surface area contributed by atoms with E-state index in [1.165, 1.54) is 0 Å². The topological polar surface area (TPSA) is 67.7 Å². The Hall–Kier alpha value is -2.15. The molecule has 1 spiro atoms. The SMILES string of the molecule is CN(Cc1nccn1C)C(=O)C1C2C(=O)N(CC(C)(C)C)C[C@@]23C=C[C@@H]1O3. The number of fused-ring (bicyclic) bond motifs is 1. The summed E-state index contributed by atoms with van der Waals surface area (Å²) in [6.45, 7) is 7.95. The minimum absolute atomic E-state index is 0.00115. The lowest BCUT2D eigenvalue weighted by atomic mass is 9.76. The van der Waals surface area contributed by atoms with E-state index in [-0.39, 0.29) is 23.3 Å². The number of hydrogen-bond acceptors (Lipinski definition) is 4. The zero-order valence-corrected chi connectivity index (χ0v) is 16.7. The molecule has 2 amide bonds. The van der Waals surface area contributed by atoms with Gasteiger partial charge in [-0.3, -0.25) is 9.59 Å². The van der Waals surface area contributed by atoms with Crippen molar-refractivity contribution in [1.82, 2.24) is 19.4 Å². The van der Waals surface area contributed by atoms with Gasteiger partial charge in [0.15, 0.2) is 0 Å². The molecule has 2 bridgehead atoms. The molecule has 0 saturated carbocycles. The third-order valence-corrected chi connectivity index (χ3v) is 5.80. The molecule has 7 heteroatoms. The lowest BCUT2D eigenvalue weighted by molar-refractivity contribution is -0.143. The van der Waals surface area contributed by atoms with Gasteiger partial charge in [0.2, 0.25) is 11.8 Å². The summed E-state index contributed by atoms with van der Waals surface area (Å²) in [5.41, 5.74) is -0.640. The molecular formula is C20H28N4O3. The van der Waals surface area contributed by atoms with Crippen molar-refractivity contribution >= 4 is 11.8 Å². The number of hydrogen-bond donors (Lipinski definition) is 0. The quantitative estimate of drug-likeness (QED) is 0.745. The molecule has 146 valence electrons. The van der Waals surface area contributed by atoms with Gasteiger partial charge in [-0.15, -0.1) is 0 Å². The zero-order chi connectivity index (χ0) is 19.6. The Labute approximate surface area is 160 Å². The molecule has 4 atom stereocenters. The van der Waals surface area contributed by atoms with Gasteiger partial charge < -0.3 is 19.1 Å². The molecule has 1 aromatic rings. The third-order valence-electron chi connectivity index (χ3n) is 5.80. The Kier molecular flexibility index (Phi) is 4.00. The molecule has 1 aromatic heterocycles. The fourth-order valence-electron chi connectivity index (χ4n) is 4.66. The van der Waals surface area contributed by atoms with Crippen molar-refractivity contribution in [3.63, 3.8) is 0 Å². The van der Waals surface area contributed by atoms with E-state index in [1.807, 2.05) is 34.9 Å². The Balaban J connectivity index is 1.55. The van der Waals surface area contributed by atoms with E-state index < -0.39 is 17.4 Å². The van der Waals surface area contributed by atoms with Crippen molar-refractivity contribution in [3.05, 3.63) is 30.4 Å². The Bertz CT molecular complexity index is 808. The first-order chi connectivity index (χ1) is 12.6. The monoisotopic (exact) mass is 372 g/mol. The van der Waals surface area contributed by atoms with Gasteiger partial charge in [0.25, 0.3) is 0 Å². The molecule has 2 fully saturated rings. The lowest BCUT2D eigenvalue weighted by Crippen LogP contribution is -2.45. The molecule has 0 N–H and O–H groups in total. The maximum Gasteiger partial charge on any atom is 0.230 e. The second-order valence-electron chi connectivity index (χ2n) is 9.30. The van der Waals surface area contributed by atoms with Crippen LogP contribution in [0, 0.1) is 17.3 Å². The van der Waals surface area contributed by atoms with Gasteiger partial charge in [-0.05, 0) is 5.41 Å². The number of rotatable bonds is 4. The van der Waals surface area contributed by atoms with Crippen molar-refractivity contribution < 1.29 is 14.3 Å². The van der Waals surface area contributed by atoms with Gasteiger partial charge in [0, 0.05) is 33.0 Å². The van der Waals surface area contributed by atoms with Crippen LogP contribution in [0.25, 0.3) is 0 Å². The molecule has 0 aliphatic carbocycles. The fourth-order valence-corrected chi connectivity index (χ4v) is 4.66.